The predicted molar refractivity (Wildman–Crippen MR) is 55.5 cm³/mol. The third-order valence-corrected chi connectivity index (χ3v) is 4.65. The molecule has 4 heteroatoms. The number of carbonyl (C=O) groups is 1. The molecule has 0 heterocycles. The van der Waals surface area contributed by atoms with Gasteiger partial charge in [-0.25, -0.2) is 4.79 Å². The van der Waals surface area contributed by atoms with Gasteiger partial charge in [-0.1, -0.05) is 19.1 Å². The molecule has 0 aromatic rings. The first-order valence-corrected chi connectivity index (χ1v) is 7.64. The largest absolute Gasteiger partial charge is 0.507 e. The molecule has 0 aliphatic heterocycles. The van der Waals surface area contributed by atoms with Gasteiger partial charge in [0.05, 0.1) is 21.8 Å². The van der Waals surface area contributed by atoms with Gasteiger partial charge in [0.1, 0.15) is 0 Å². The summed E-state index contributed by atoms with van der Waals surface area (Å²) < 4.78 is 9.10. The number of hydrogen-bond donors (Lipinski definition) is 0. The summed E-state index contributed by atoms with van der Waals surface area (Å²) in [6.45, 7) is 8.70. The summed E-state index contributed by atoms with van der Waals surface area (Å²) in [4.78, 5) is 10.6. The van der Waals surface area contributed by atoms with E-state index >= 15 is 0 Å². The Balaban J connectivity index is 3.46. The first-order chi connectivity index (χ1) is 6.02. The highest BCUT2D eigenvalue weighted by atomic mass is 28.3. The van der Waals surface area contributed by atoms with Gasteiger partial charge in [-0.2, -0.15) is 0 Å². The maximum Gasteiger partial charge on any atom is 0.507 e. The summed E-state index contributed by atoms with van der Waals surface area (Å²) in [6, 6.07) is 1.09. The first kappa shape index (κ1) is 12.2. The second-order valence-corrected chi connectivity index (χ2v) is 8.48. The van der Waals surface area contributed by atoms with Crippen molar-refractivity contribution < 1.29 is 14.3 Å². The summed E-state index contributed by atoms with van der Waals surface area (Å²) >= 11 is 0. The van der Waals surface area contributed by atoms with Crippen molar-refractivity contribution >= 4 is 14.2 Å². The van der Waals surface area contributed by atoms with Crippen molar-refractivity contribution in [3.05, 3.63) is 12.3 Å². The molecule has 0 aliphatic carbocycles. The normalized spacial score (nSPS) is 10.7. The Bertz CT molecular complexity index is 178. The van der Waals surface area contributed by atoms with Gasteiger partial charge in [0, 0.05) is 0 Å². The minimum Gasteiger partial charge on any atom is -0.438 e. The van der Waals surface area contributed by atoms with E-state index in [0.717, 1.165) is 12.5 Å². The zero-order chi connectivity index (χ0) is 10.3. The van der Waals surface area contributed by atoms with Crippen molar-refractivity contribution in [3.63, 3.8) is 0 Å². The van der Waals surface area contributed by atoms with Crippen molar-refractivity contribution in [3.8, 4) is 0 Å². The van der Waals surface area contributed by atoms with Crippen molar-refractivity contribution in [2.75, 3.05) is 13.7 Å². The van der Waals surface area contributed by atoms with Crippen molar-refractivity contribution in [1.29, 1.82) is 0 Å². The highest BCUT2D eigenvalue weighted by Crippen LogP contribution is 2.12. The van der Waals surface area contributed by atoms with Crippen LogP contribution in [0.5, 0.6) is 0 Å². The van der Waals surface area contributed by atoms with E-state index in [1.54, 1.807) is 0 Å². The lowest BCUT2D eigenvalue weighted by Gasteiger charge is -2.16. The topological polar surface area (TPSA) is 35.5 Å². The number of methoxy groups -OCH3 is 1. The molecule has 0 N–H and O–H groups in total. The number of rotatable bonds is 5. The van der Waals surface area contributed by atoms with E-state index in [-0.39, 0.29) is 0 Å². The minimum atomic E-state index is -1.23. The van der Waals surface area contributed by atoms with Crippen LogP contribution in [-0.4, -0.2) is 27.9 Å². The highest BCUT2D eigenvalue weighted by molar-refractivity contribution is 6.82. The number of carbonyl (C=O) groups excluding carboxylic acids is 1. The Morgan fingerprint density at radius 1 is 1.54 bits per heavy atom. The molecule has 13 heavy (non-hydrogen) atoms. The molecule has 0 unspecified atom stereocenters. The van der Waals surface area contributed by atoms with E-state index < -0.39 is 14.2 Å². The van der Waals surface area contributed by atoms with Crippen LogP contribution >= 0.6 is 0 Å². The standard InChI is InChI=1S/C9H18O3Si/c1-5-13(3,4)8-6-7-12-9(10)11-2/h5H,1,6-8H2,2-4H3. The van der Waals surface area contributed by atoms with E-state index in [0.29, 0.717) is 6.61 Å². The van der Waals surface area contributed by atoms with Crippen LogP contribution in [0.1, 0.15) is 6.42 Å². The van der Waals surface area contributed by atoms with Crippen molar-refractivity contribution in [1.82, 2.24) is 0 Å². The average molecular weight is 202 g/mol. The molecule has 0 saturated heterocycles. The van der Waals surface area contributed by atoms with E-state index in [9.17, 15) is 4.79 Å². The molecule has 0 aromatic carbocycles. The summed E-state index contributed by atoms with van der Waals surface area (Å²) in [5.74, 6) is 0. The zero-order valence-corrected chi connectivity index (χ0v) is 9.63. The lowest BCUT2D eigenvalue weighted by Crippen LogP contribution is -2.22. The predicted octanol–water partition coefficient (Wildman–Crippen LogP) is 2.59. The van der Waals surface area contributed by atoms with E-state index in [1.165, 1.54) is 7.11 Å². The molecule has 3 nitrogen and oxygen atoms in total. The zero-order valence-electron chi connectivity index (χ0n) is 8.63. The van der Waals surface area contributed by atoms with Crippen LogP contribution in [-0.2, 0) is 9.47 Å². The monoisotopic (exact) mass is 202 g/mol. The van der Waals surface area contributed by atoms with E-state index in [4.69, 9.17) is 4.74 Å². The van der Waals surface area contributed by atoms with Crippen LogP contribution in [0.3, 0.4) is 0 Å². The van der Waals surface area contributed by atoms with Gasteiger partial charge in [0.25, 0.3) is 0 Å². The quantitative estimate of drug-likeness (QED) is 0.390. The Hall–Kier alpha value is -0.773. The molecular formula is C9H18O3Si. The Labute approximate surface area is 80.7 Å². The first-order valence-electron chi connectivity index (χ1n) is 4.36. The fourth-order valence-corrected chi connectivity index (χ4v) is 2.10. The molecule has 0 bridgehead atoms. The Kier molecular flexibility index (Phi) is 5.46. The highest BCUT2D eigenvalue weighted by Gasteiger charge is 2.15. The minimum absolute atomic E-state index is 0.441. The third kappa shape index (κ3) is 6.39. The van der Waals surface area contributed by atoms with E-state index in [1.807, 2.05) is 5.70 Å². The van der Waals surface area contributed by atoms with Gasteiger partial charge < -0.3 is 9.47 Å². The molecule has 0 atom stereocenters. The van der Waals surface area contributed by atoms with Crippen molar-refractivity contribution in [2.24, 2.45) is 0 Å². The van der Waals surface area contributed by atoms with Crippen LogP contribution in [0.15, 0.2) is 12.3 Å². The van der Waals surface area contributed by atoms with Crippen molar-refractivity contribution in [2.45, 2.75) is 25.6 Å². The molecular weight excluding hydrogens is 184 g/mol. The smallest absolute Gasteiger partial charge is 0.438 e. The lowest BCUT2D eigenvalue weighted by molar-refractivity contribution is 0.0728. The second kappa shape index (κ2) is 5.80. The molecule has 0 fully saturated rings. The summed E-state index contributed by atoms with van der Waals surface area (Å²) in [7, 11) is 0.0826. The second-order valence-electron chi connectivity index (χ2n) is 3.60. The molecule has 76 valence electrons. The van der Waals surface area contributed by atoms with Gasteiger partial charge in [-0.3, -0.25) is 0 Å². The van der Waals surface area contributed by atoms with Crippen LogP contribution in [0.25, 0.3) is 0 Å². The van der Waals surface area contributed by atoms with Crippen LogP contribution in [0.4, 0.5) is 4.79 Å². The number of ether oxygens (including phenoxy) is 2. The van der Waals surface area contributed by atoms with Crippen LogP contribution in [0.2, 0.25) is 19.1 Å². The average Bonchev–Trinajstić information content (AvgIpc) is 2.12. The van der Waals surface area contributed by atoms with Gasteiger partial charge in [-0.15, -0.1) is 12.3 Å². The Morgan fingerprint density at radius 2 is 2.15 bits per heavy atom. The van der Waals surface area contributed by atoms with Crippen LogP contribution in [0, 0.1) is 0 Å². The van der Waals surface area contributed by atoms with Gasteiger partial charge in [-0.05, 0) is 6.42 Å². The molecule has 0 saturated carbocycles. The maximum absolute atomic E-state index is 10.6. The molecule has 0 radical (unpaired) electrons. The molecule has 0 aliphatic rings. The maximum atomic E-state index is 10.6. The summed E-state index contributed by atoms with van der Waals surface area (Å²) in [5.41, 5.74) is 2.05. The summed E-state index contributed by atoms with van der Waals surface area (Å²) in [5, 5.41) is 0. The van der Waals surface area contributed by atoms with E-state index in [2.05, 4.69) is 24.4 Å². The lowest BCUT2D eigenvalue weighted by atomic mass is 10.5. The molecule has 0 rings (SSSR count). The molecule has 0 aromatic heterocycles. The fraction of sp³-hybridized carbons (Fsp3) is 0.667. The third-order valence-electron chi connectivity index (χ3n) is 1.90. The van der Waals surface area contributed by atoms with Gasteiger partial charge in [0.15, 0.2) is 0 Å². The van der Waals surface area contributed by atoms with Gasteiger partial charge in [0.2, 0.25) is 0 Å². The summed E-state index contributed by atoms with van der Waals surface area (Å²) in [6.07, 6.45) is 0.290. The van der Waals surface area contributed by atoms with Crippen LogP contribution < -0.4 is 0 Å². The fourth-order valence-electron chi connectivity index (χ4n) is 0.844. The SMILES string of the molecule is C=C[Si](C)(C)CCCOC(=O)OC. The van der Waals surface area contributed by atoms with Gasteiger partial charge >= 0.3 is 6.16 Å². The number of hydrogen-bond acceptors (Lipinski definition) is 3. The Morgan fingerprint density at radius 3 is 2.62 bits per heavy atom. The molecule has 0 spiro atoms. The molecule has 0 amide bonds.